The summed E-state index contributed by atoms with van der Waals surface area (Å²) < 4.78 is 79.8. The first kappa shape index (κ1) is 33.9. The molecule has 0 radical (unpaired) electrons. The second kappa shape index (κ2) is 14.1. The van der Waals surface area contributed by atoms with Gasteiger partial charge in [-0.05, 0) is 75.4 Å². The van der Waals surface area contributed by atoms with Gasteiger partial charge < -0.3 is 24.7 Å². The summed E-state index contributed by atoms with van der Waals surface area (Å²) in [7, 11) is -0.921. The monoisotopic (exact) mass is 661 g/mol. The molecular formula is C33H42F3N5O4S. The minimum atomic E-state index is -4.43. The van der Waals surface area contributed by atoms with Crippen molar-refractivity contribution in [2.75, 3.05) is 57.6 Å². The third kappa shape index (κ3) is 7.57. The fourth-order valence-corrected chi connectivity index (χ4v) is 7.44. The fourth-order valence-electron chi connectivity index (χ4n) is 6.69. The minimum absolute atomic E-state index is 0.0413. The van der Waals surface area contributed by atoms with Crippen molar-refractivity contribution in [3.05, 3.63) is 48.2 Å². The molecule has 3 aromatic rings. The molecule has 9 nitrogen and oxygen atoms in total. The van der Waals surface area contributed by atoms with E-state index in [9.17, 15) is 21.6 Å². The van der Waals surface area contributed by atoms with Crippen LogP contribution >= 0.6 is 0 Å². The zero-order valence-electron chi connectivity index (χ0n) is 26.5. The van der Waals surface area contributed by atoms with Crippen molar-refractivity contribution in [3.63, 3.8) is 0 Å². The van der Waals surface area contributed by atoms with E-state index in [1.807, 2.05) is 6.07 Å². The first-order chi connectivity index (χ1) is 22.0. The zero-order valence-corrected chi connectivity index (χ0v) is 27.3. The number of nitrogens with zero attached hydrogens (tertiary/aromatic N) is 2. The highest BCUT2D eigenvalue weighted by molar-refractivity contribution is 7.89. The molecule has 250 valence electrons. The number of rotatable bonds is 10. The summed E-state index contributed by atoms with van der Waals surface area (Å²) in [6.45, 7) is 4.65. The van der Waals surface area contributed by atoms with Crippen LogP contribution in [0.5, 0.6) is 5.75 Å². The number of sulfonamides is 1. The molecule has 1 saturated carbocycles. The molecule has 2 fully saturated rings. The third-order valence-electron chi connectivity index (χ3n) is 9.23. The van der Waals surface area contributed by atoms with Crippen LogP contribution in [0, 0.1) is 11.8 Å². The van der Waals surface area contributed by atoms with Crippen molar-refractivity contribution in [1.29, 1.82) is 0 Å². The molecule has 13 heteroatoms. The lowest BCUT2D eigenvalue weighted by Gasteiger charge is -2.49. The van der Waals surface area contributed by atoms with Gasteiger partial charge in [0.2, 0.25) is 10.0 Å². The Kier molecular flexibility index (Phi) is 10.4. The first-order valence-corrected chi connectivity index (χ1v) is 17.1. The predicted octanol–water partition coefficient (Wildman–Crippen LogP) is 5.42. The van der Waals surface area contributed by atoms with Gasteiger partial charge >= 0.3 is 6.18 Å². The topological polar surface area (TPSA) is 96.9 Å². The number of fused-ring (bicyclic) bond motifs is 1. The average molecular weight is 662 g/mol. The SMILES string of the molecule is CCC1(N2CCOCC2)CCC(Nc2cccc3c2cc(C#CCNc2ccc(S(=O)(=O)NC)cc2OC)n3CC(F)(F)F)CC1. The summed E-state index contributed by atoms with van der Waals surface area (Å²) in [6.07, 6.45) is 0.745. The minimum Gasteiger partial charge on any atom is -0.495 e. The maximum absolute atomic E-state index is 13.7. The highest BCUT2D eigenvalue weighted by atomic mass is 32.2. The Morgan fingerprint density at radius 1 is 1.09 bits per heavy atom. The molecule has 0 unspecified atom stereocenters. The normalized spacial score (nSPS) is 21.0. The van der Waals surface area contributed by atoms with Gasteiger partial charge in [0, 0.05) is 41.8 Å². The number of anilines is 2. The fraction of sp³-hybridized carbons (Fsp3) is 0.515. The van der Waals surface area contributed by atoms with Crippen molar-refractivity contribution in [2.24, 2.45) is 0 Å². The van der Waals surface area contributed by atoms with Gasteiger partial charge in [0.25, 0.3) is 0 Å². The van der Waals surface area contributed by atoms with Gasteiger partial charge in [-0.2, -0.15) is 13.2 Å². The Bertz CT molecular complexity index is 1680. The number of morpholine rings is 1. The van der Waals surface area contributed by atoms with Crippen LogP contribution in [-0.2, 0) is 21.3 Å². The maximum atomic E-state index is 13.7. The van der Waals surface area contributed by atoms with Crippen LogP contribution in [0.3, 0.4) is 0 Å². The van der Waals surface area contributed by atoms with E-state index in [0.29, 0.717) is 22.3 Å². The van der Waals surface area contributed by atoms with Crippen LogP contribution in [0.4, 0.5) is 24.5 Å². The summed E-state index contributed by atoms with van der Waals surface area (Å²) >= 11 is 0. The van der Waals surface area contributed by atoms with Crippen molar-refractivity contribution < 1.29 is 31.1 Å². The number of aromatic nitrogens is 1. The highest BCUT2D eigenvalue weighted by Crippen LogP contribution is 2.39. The quantitative estimate of drug-likeness (QED) is 0.250. The van der Waals surface area contributed by atoms with Crippen molar-refractivity contribution >= 4 is 32.3 Å². The number of methoxy groups -OCH3 is 1. The molecule has 2 aliphatic rings. The van der Waals surface area contributed by atoms with Gasteiger partial charge in [-0.25, -0.2) is 13.1 Å². The highest BCUT2D eigenvalue weighted by Gasteiger charge is 2.39. The van der Waals surface area contributed by atoms with Crippen LogP contribution in [-0.4, -0.2) is 82.6 Å². The van der Waals surface area contributed by atoms with E-state index in [1.165, 1.54) is 30.9 Å². The molecule has 0 amide bonds. The van der Waals surface area contributed by atoms with Crippen molar-refractivity contribution in [3.8, 4) is 17.6 Å². The lowest BCUT2D eigenvalue weighted by molar-refractivity contribution is -0.140. The van der Waals surface area contributed by atoms with Crippen LogP contribution in [0.2, 0.25) is 0 Å². The molecule has 0 bridgehead atoms. The Balaban J connectivity index is 1.34. The van der Waals surface area contributed by atoms with E-state index >= 15 is 0 Å². The second-order valence-corrected chi connectivity index (χ2v) is 13.7. The maximum Gasteiger partial charge on any atom is 0.406 e. The summed E-state index contributed by atoms with van der Waals surface area (Å²) in [5.41, 5.74) is 2.21. The van der Waals surface area contributed by atoms with E-state index in [0.717, 1.165) is 64.1 Å². The number of halogens is 3. The van der Waals surface area contributed by atoms with E-state index in [4.69, 9.17) is 9.47 Å². The number of ether oxygens (including phenoxy) is 2. The lowest BCUT2D eigenvalue weighted by Crippen LogP contribution is -2.55. The Labute approximate surface area is 268 Å². The summed E-state index contributed by atoms with van der Waals surface area (Å²) in [5, 5.41) is 7.42. The molecule has 2 aromatic carbocycles. The largest absolute Gasteiger partial charge is 0.495 e. The van der Waals surface area contributed by atoms with E-state index in [-0.39, 0.29) is 28.7 Å². The van der Waals surface area contributed by atoms with Crippen LogP contribution in [0.15, 0.2) is 47.4 Å². The van der Waals surface area contributed by atoms with Gasteiger partial charge in [0.05, 0.1) is 48.7 Å². The molecule has 46 heavy (non-hydrogen) atoms. The molecule has 1 aliphatic heterocycles. The standard InChI is InChI=1S/C33H42F3N5O4S/c1-4-32(40-17-19-45-20-18-40)14-12-24(13-15-32)39-28-8-5-9-30-27(28)21-25(41(30)23-33(34,35)36)7-6-16-38-29-11-10-26(22-31(29)44-3)46(42,43)37-2/h5,8-11,21-22,24,37-39H,4,12-20,23H2,1-3H3. The smallest absolute Gasteiger partial charge is 0.406 e. The molecule has 3 N–H and O–H groups in total. The van der Waals surface area contributed by atoms with Crippen molar-refractivity contribution in [1.82, 2.24) is 14.2 Å². The average Bonchev–Trinajstić information content (AvgIpc) is 3.40. The third-order valence-corrected chi connectivity index (χ3v) is 10.6. The Morgan fingerprint density at radius 2 is 1.83 bits per heavy atom. The van der Waals surface area contributed by atoms with E-state index in [1.54, 1.807) is 24.3 Å². The number of nitrogens with one attached hydrogen (secondary N) is 3. The van der Waals surface area contributed by atoms with Gasteiger partial charge in [-0.1, -0.05) is 18.9 Å². The molecule has 1 aromatic heterocycles. The zero-order chi connectivity index (χ0) is 33.0. The van der Waals surface area contributed by atoms with Gasteiger partial charge in [0.1, 0.15) is 12.3 Å². The molecule has 0 spiro atoms. The van der Waals surface area contributed by atoms with Gasteiger partial charge in [-0.15, -0.1) is 0 Å². The van der Waals surface area contributed by atoms with E-state index < -0.39 is 22.7 Å². The number of hydrogen-bond donors (Lipinski definition) is 3. The van der Waals surface area contributed by atoms with E-state index in [2.05, 4.69) is 39.0 Å². The molecular weight excluding hydrogens is 619 g/mol. The molecule has 5 rings (SSSR count). The van der Waals surface area contributed by atoms with Crippen LogP contribution < -0.4 is 20.1 Å². The lowest BCUT2D eigenvalue weighted by atomic mass is 9.76. The summed E-state index contributed by atoms with van der Waals surface area (Å²) in [6, 6.07) is 11.7. The predicted molar refractivity (Wildman–Crippen MR) is 174 cm³/mol. The van der Waals surface area contributed by atoms with Crippen LogP contribution in [0.25, 0.3) is 10.9 Å². The van der Waals surface area contributed by atoms with Crippen LogP contribution in [0.1, 0.15) is 44.7 Å². The molecule has 2 heterocycles. The molecule has 1 saturated heterocycles. The van der Waals surface area contributed by atoms with Gasteiger partial charge in [-0.3, -0.25) is 4.90 Å². The van der Waals surface area contributed by atoms with Gasteiger partial charge in [0.15, 0.2) is 0 Å². The Hall–Kier alpha value is -3.44. The molecule has 0 atom stereocenters. The first-order valence-electron chi connectivity index (χ1n) is 15.6. The number of benzene rings is 2. The number of hydrogen-bond acceptors (Lipinski definition) is 7. The van der Waals surface area contributed by atoms with Crippen molar-refractivity contribution in [2.45, 2.75) is 68.2 Å². The Morgan fingerprint density at radius 3 is 2.48 bits per heavy atom. The summed E-state index contributed by atoms with van der Waals surface area (Å²) in [4.78, 5) is 2.63. The number of alkyl halides is 3. The molecule has 1 aliphatic carbocycles. The summed E-state index contributed by atoms with van der Waals surface area (Å²) in [5.74, 6) is 6.14. The second-order valence-electron chi connectivity index (χ2n) is 11.8.